The average Bonchev–Trinajstić information content (AvgIpc) is 3.30. The van der Waals surface area contributed by atoms with E-state index < -0.39 is 0 Å². The van der Waals surface area contributed by atoms with E-state index in [2.05, 4.69) is 17.2 Å². The molecule has 1 heterocycles. The van der Waals surface area contributed by atoms with Crippen molar-refractivity contribution in [3.63, 3.8) is 0 Å². The fourth-order valence-corrected chi connectivity index (χ4v) is 3.41. The SMILES string of the molecule is CCCC1CCC(Nc2nc(C3CC3)nc(N)c2C)CC1. The van der Waals surface area contributed by atoms with Crippen molar-refractivity contribution in [3.05, 3.63) is 11.4 Å². The lowest BCUT2D eigenvalue weighted by Gasteiger charge is -2.29. The van der Waals surface area contributed by atoms with Crippen LogP contribution in [0, 0.1) is 12.8 Å². The molecule has 1 aromatic rings. The molecule has 0 aromatic carbocycles. The van der Waals surface area contributed by atoms with E-state index in [-0.39, 0.29) is 0 Å². The zero-order valence-corrected chi connectivity index (χ0v) is 13.4. The van der Waals surface area contributed by atoms with Gasteiger partial charge in [-0.15, -0.1) is 0 Å². The van der Waals surface area contributed by atoms with E-state index in [4.69, 9.17) is 10.7 Å². The Morgan fingerprint density at radius 3 is 2.43 bits per heavy atom. The van der Waals surface area contributed by atoms with Crippen LogP contribution in [0.5, 0.6) is 0 Å². The van der Waals surface area contributed by atoms with Gasteiger partial charge < -0.3 is 11.1 Å². The maximum Gasteiger partial charge on any atom is 0.136 e. The highest BCUT2D eigenvalue weighted by Crippen LogP contribution is 2.39. The summed E-state index contributed by atoms with van der Waals surface area (Å²) >= 11 is 0. The zero-order chi connectivity index (χ0) is 14.8. The molecule has 1 aromatic heterocycles. The molecule has 2 aliphatic carbocycles. The van der Waals surface area contributed by atoms with Crippen LogP contribution in [0.4, 0.5) is 11.6 Å². The third kappa shape index (κ3) is 3.47. The van der Waals surface area contributed by atoms with Crippen LogP contribution >= 0.6 is 0 Å². The van der Waals surface area contributed by atoms with Crippen LogP contribution in [0.1, 0.15) is 75.6 Å². The van der Waals surface area contributed by atoms with Gasteiger partial charge in [0.05, 0.1) is 0 Å². The van der Waals surface area contributed by atoms with Crippen LogP contribution in [0.25, 0.3) is 0 Å². The molecule has 0 atom stereocenters. The highest BCUT2D eigenvalue weighted by atomic mass is 15.1. The number of nitrogens with two attached hydrogens (primary N) is 1. The molecule has 116 valence electrons. The molecule has 3 rings (SSSR count). The second-order valence-electron chi connectivity index (χ2n) is 6.87. The maximum atomic E-state index is 6.06. The number of hydrogen-bond acceptors (Lipinski definition) is 4. The number of hydrogen-bond donors (Lipinski definition) is 2. The fraction of sp³-hybridized carbons (Fsp3) is 0.765. The van der Waals surface area contributed by atoms with Crippen LogP contribution in [0.15, 0.2) is 0 Å². The Kier molecular flexibility index (Phi) is 4.32. The van der Waals surface area contributed by atoms with Gasteiger partial charge in [-0.3, -0.25) is 0 Å². The molecule has 0 radical (unpaired) electrons. The molecular weight excluding hydrogens is 260 g/mol. The lowest BCUT2D eigenvalue weighted by molar-refractivity contribution is 0.318. The van der Waals surface area contributed by atoms with Gasteiger partial charge in [-0.2, -0.15) is 0 Å². The van der Waals surface area contributed by atoms with Crippen molar-refractivity contribution >= 4 is 11.6 Å². The quantitative estimate of drug-likeness (QED) is 0.859. The number of nitrogens with zero attached hydrogens (tertiary/aromatic N) is 2. The van der Waals surface area contributed by atoms with Gasteiger partial charge in [-0.25, -0.2) is 9.97 Å². The maximum absolute atomic E-state index is 6.06. The van der Waals surface area contributed by atoms with Crippen molar-refractivity contribution in [3.8, 4) is 0 Å². The molecule has 2 aliphatic rings. The van der Waals surface area contributed by atoms with Crippen molar-refractivity contribution in [2.24, 2.45) is 5.92 Å². The second kappa shape index (κ2) is 6.20. The Morgan fingerprint density at radius 2 is 1.81 bits per heavy atom. The lowest BCUT2D eigenvalue weighted by atomic mass is 9.83. The van der Waals surface area contributed by atoms with Crippen molar-refractivity contribution < 1.29 is 0 Å². The van der Waals surface area contributed by atoms with E-state index in [1.807, 2.05) is 6.92 Å². The second-order valence-corrected chi connectivity index (χ2v) is 6.87. The van der Waals surface area contributed by atoms with Crippen LogP contribution in [0.2, 0.25) is 0 Å². The van der Waals surface area contributed by atoms with Crippen LogP contribution in [-0.2, 0) is 0 Å². The monoisotopic (exact) mass is 288 g/mol. The fourth-order valence-electron chi connectivity index (χ4n) is 3.41. The van der Waals surface area contributed by atoms with Gasteiger partial charge in [0.1, 0.15) is 17.5 Å². The molecule has 0 amide bonds. The topological polar surface area (TPSA) is 63.8 Å². The highest BCUT2D eigenvalue weighted by molar-refractivity contribution is 5.55. The first-order valence-corrected chi connectivity index (χ1v) is 8.58. The Labute approximate surface area is 127 Å². The van der Waals surface area contributed by atoms with E-state index in [1.54, 1.807) is 0 Å². The highest BCUT2D eigenvalue weighted by Gasteiger charge is 2.28. The van der Waals surface area contributed by atoms with Gasteiger partial charge in [0.2, 0.25) is 0 Å². The Bertz CT molecular complexity index is 488. The molecule has 4 nitrogen and oxygen atoms in total. The Hall–Kier alpha value is -1.32. The van der Waals surface area contributed by atoms with E-state index in [9.17, 15) is 0 Å². The predicted molar refractivity (Wildman–Crippen MR) is 87.4 cm³/mol. The standard InChI is InChI=1S/C17H28N4/c1-3-4-12-5-9-14(10-6-12)19-16-11(2)15(18)20-17(21-16)13-7-8-13/h12-14H,3-10H2,1-2H3,(H3,18,19,20,21). The minimum Gasteiger partial charge on any atom is -0.383 e. The van der Waals surface area contributed by atoms with Gasteiger partial charge in [-0.1, -0.05) is 19.8 Å². The number of nitrogen functional groups attached to an aromatic ring is 1. The summed E-state index contributed by atoms with van der Waals surface area (Å²) in [6.07, 6.45) is 10.3. The molecule has 4 heteroatoms. The summed E-state index contributed by atoms with van der Waals surface area (Å²) in [6, 6.07) is 0.554. The summed E-state index contributed by atoms with van der Waals surface area (Å²) in [7, 11) is 0. The summed E-state index contributed by atoms with van der Waals surface area (Å²) in [4.78, 5) is 9.19. The average molecular weight is 288 g/mol. The van der Waals surface area contributed by atoms with Gasteiger partial charge in [0, 0.05) is 17.5 Å². The molecule has 0 aliphatic heterocycles. The number of rotatable bonds is 5. The smallest absolute Gasteiger partial charge is 0.136 e. The zero-order valence-electron chi connectivity index (χ0n) is 13.4. The van der Waals surface area contributed by atoms with Gasteiger partial charge >= 0.3 is 0 Å². The van der Waals surface area contributed by atoms with Crippen LogP contribution < -0.4 is 11.1 Å². The summed E-state index contributed by atoms with van der Waals surface area (Å²) in [5, 5.41) is 3.64. The molecule has 2 saturated carbocycles. The summed E-state index contributed by atoms with van der Waals surface area (Å²) in [6.45, 7) is 4.31. The van der Waals surface area contributed by atoms with Gasteiger partial charge in [-0.05, 0) is 51.4 Å². The van der Waals surface area contributed by atoms with E-state index >= 15 is 0 Å². The van der Waals surface area contributed by atoms with E-state index in [1.165, 1.54) is 51.4 Å². The van der Waals surface area contributed by atoms with Crippen LogP contribution in [0.3, 0.4) is 0 Å². The number of aromatic nitrogens is 2. The van der Waals surface area contributed by atoms with Gasteiger partial charge in [0.25, 0.3) is 0 Å². The molecule has 0 saturated heterocycles. The number of nitrogens with one attached hydrogen (secondary N) is 1. The minimum absolute atomic E-state index is 0.550. The third-order valence-electron chi connectivity index (χ3n) is 5.03. The molecule has 0 spiro atoms. The first-order chi connectivity index (χ1) is 10.2. The lowest BCUT2D eigenvalue weighted by Crippen LogP contribution is -2.27. The molecular formula is C17H28N4. The predicted octanol–water partition coefficient (Wildman–Crippen LogP) is 4.02. The largest absolute Gasteiger partial charge is 0.383 e. The van der Waals surface area contributed by atoms with Crippen molar-refractivity contribution in [1.82, 2.24) is 9.97 Å². The van der Waals surface area contributed by atoms with Crippen molar-refractivity contribution in [2.75, 3.05) is 11.1 Å². The van der Waals surface area contributed by atoms with Crippen molar-refractivity contribution in [2.45, 2.75) is 77.2 Å². The first-order valence-electron chi connectivity index (χ1n) is 8.58. The summed E-state index contributed by atoms with van der Waals surface area (Å²) in [5.41, 5.74) is 7.07. The number of anilines is 2. The Balaban J connectivity index is 1.65. The normalized spacial score (nSPS) is 25.8. The minimum atomic E-state index is 0.550. The van der Waals surface area contributed by atoms with Gasteiger partial charge in [0.15, 0.2) is 0 Å². The third-order valence-corrected chi connectivity index (χ3v) is 5.03. The molecule has 3 N–H and O–H groups in total. The molecule has 2 fully saturated rings. The first kappa shape index (κ1) is 14.6. The Morgan fingerprint density at radius 1 is 1.10 bits per heavy atom. The van der Waals surface area contributed by atoms with Crippen LogP contribution in [-0.4, -0.2) is 16.0 Å². The summed E-state index contributed by atoms with van der Waals surface area (Å²) in [5.74, 6) is 4.05. The van der Waals surface area contributed by atoms with Crippen molar-refractivity contribution in [1.29, 1.82) is 0 Å². The molecule has 21 heavy (non-hydrogen) atoms. The van der Waals surface area contributed by atoms with E-state index in [0.717, 1.165) is 23.1 Å². The molecule has 0 bridgehead atoms. The molecule has 0 unspecified atom stereocenters. The van der Waals surface area contributed by atoms with E-state index in [0.29, 0.717) is 17.8 Å². The summed E-state index contributed by atoms with van der Waals surface area (Å²) < 4.78 is 0.